The first-order chi connectivity index (χ1) is 14.1. The zero-order valence-electron chi connectivity index (χ0n) is 15.8. The first kappa shape index (κ1) is 19.5. The minimum Gasteiger partial charge on any atom is -0.300 e. The molecule has 0 bridgehead atoms. The summed E-state index contributed by atoms with van der Waals surface area (Å²) in [6, 6.07) is 10.0. The maximum Gasteiger partial charge on any atom is 0.233 e. The summed E-state index contributed by atoms with van der Waals surface area (Å²) in [5, 5.41) is 13.1. The molecule has 0 spiro atoms. The number of Topliss-reactive ketones (excluding diaryl/α,β-unsaturated/α-hetero) is 1. The minimum absolute atomic E-state index is 0.287. The van der Waals surface area contributed by atoms with E-state index in [1.807, 2.05) is 31.2 Å². The fourth-order valence-corrected chi connectivity index (χ4v) is 4.04. The molecule has 1 aliphatic carbocycles. The van der Waals surface area contributed by atoms with Crippen LogP contribution >= 0.6 is 23.1 Å². The predicted molar refractivity (Wildman–Crippen MR) is 111 cm³/mol. The predicted octanol–water partition coefficient (Wildman–Crippen LogP) is 4.18. The van der Waals surface area contributed by atoms with Crippen LogP contribution in [-0.4, -0.2) is 25.7 Å². The summed E-state index contributed by atoms with van der Waals surface area (Å²) < 4.78 is 0. The molecular weight excluding hydrogens is 404 g/mol. The van der Waals surface area contributed by atoms with Gasteiger partial charge in [0.1, 0.15) is 22.6 Å². The topological polar surface area (TPSA) is 104 Å². The van der Waals surface area contributed by atoms with E-state index in [1.54, 1.807) is 0 Å². The number of hydrogen-bond donors (Lipinski definition) is 1. The molecule has 3 aromatic rings. The number of nitrogens with zero attached hydrogens (tertiary/aromatic N) is 5. The van der Waals surface area contributed by atoms with Crippen LogP contribution in [0.15, 0.2) is 40.5 Å². The molecular formula is C20H18N6OS2. The number of nitrogens with one attached hydrogen (secondary N) is 1. The molecule has 1 N–H and O–H groups in total. The molecule has 2 aromatic heterocycles. The lowest BCUT2D eigenvalue weighted by Gasteiger charge is -2.07. The largest absolute Gasteiger partial charge is 0.300 e. The van der Waals surface area contributed by atoms with Gasteiger partial charge in [-0.1, -0.05) is 30.4 Å². The molecule has 1 aromatic carbocycles. The van der Waals surface area contributed by atoms with Gasteiger partial charge in [0.15, 0.2) is 10.3 Å². The van der Waals surface area contributed by atoms with Crippen molar-refractivity contribution in [3.63, 3.8) is 0 Å². The van der Waals surface area contributed by atoms with Crippen molar-refractivity contribution in [3.05, 3.63) is 46.7 Å². The SMILES string of the molecule is CCc1nc(Nc2ncc(C#N)s2)nc(Sc2ccc(CC(=O)C3CC3)cc2)n1. The number of carbonyl (C=O) groups is 1. The van der Waals surface area contributed by atoms with Crippen LogP contribution in [0.1, 0.15) is 36.0 Å². The van der Waals surface area contributed by atoms with Gasteiger partial charge in [-0.3, -0.25) is 10.1 Å². The van der Waals surface area contributed by atoms with Gasteiger partial charge in [0.2, 0.25) is 5.95 Å². The Morgan fingerprint density at radius 3 is 2.72 bits per heavy atom. The Balaban J connectivity index is 1.47. The molecule has 0 aliphatic heterocycles. The quantitative estimate of drug-likeness (QED) is 0.576. The van der Waals surface area contributed by atoms with Crippen LogP contribution in [-0.2, 0) is 17.6 Å². The smallest absolute Gasteiger partial charge is 0.233 e. The second kappa shape index (κ2) is 8.68. The molecule has 29 heavy (non-hydrogen) atoms. The molecule has 4 rings (SSSR count). The van der Waals surface area contributed by atoms with Crippen LogP contribution in [0, 0.1) is 17.2 Å². The third kappa shape index (κ3) is 5.16. The third-order valence-corrected chi connectivity index (χ3v) is 6.05. The number of aromatic nitrogens is 4. The van der Waals surface area contributed by atoms with E-state index in [9.17, 15) is 4.79 Å². The van der Waals surface area contributed by atoms with E-state index >= 15 is 0 Å². The Morgan fingerprint density at radius 2 is 2.07 bits per heavy atom. The highest BCUT2D eigenvalue weighted by molar-refractivity contribution is 7.99. The monoisotopic (exact) mass is 422 g/mol. The lowest BCUT2D eigenvalue weighted by atomic mass is 10.1. The van der Waals surface area contributed by atoms with Gasteiger partial charge in [0, 0.05) is 23.7 Å². The van der Waals surface area contributed by atoms with Gasteiger partial charge in [-0.15, -0.1) is 0 Å². The van der Waals surface area contributed by atoms with Gasteiger partial charge >= 0.3 is 0 Å². The Bertz CT molecular complexity index is 1070. The van der Waals surface area contributed by atoms with Gasteiger partial charge < -0.3 is 0 Å². The summed E-state index contributed by atoms with van der Waals surface area (Å²) in [6.45, 7) is 1.98. The Labute approximate surface area is 176 Å². The van der Waals surface area contributed by atoms with Crippen LogP contribution in [0.4, 0.5) is 11.1 Å². The molecule has 0 amide bonds. The van der Waals surface area contributed by atoms with Crippen LogP contribution in [0.2, 0.25) is 0 Å². The summed E-state index contributed by atoms with van der Waals surface area (Å²) in [4.78, 5) is 31.0. The van der Waals surface area contributed by atoms with Crippen LogP contribution in [0.3, 0.4) is 0 Å². The molecule has 2 heterocycles. The van der Waals surface area contributed by atoms with E-state index in [1.165, 1.54) is 29.3 Å². The number of hydrogen-bond acceptors (Lipinski definition) is 9. The molecule has 0 saturated heterocycles. The minimum atomic E-state index is 0.287. The first-order valence-electron chi connectivity index (χ1n) is 9.30. The van der Waals surface area contributed by atoms with E-state index < -0.39 is 0 Å². The molecule has 0 radical (unpaired) electrons. The average molecular weight is 423 g/mol. The van der Waals surface area contributed by atoms with Crippen molar-refractivity contribution in [2.45, 2.75) is 42.7 Å². The second-order valence-electron chi connectivity index (χ2n) is 6.64. The lowest BCUT2D eigenvalue weighted by molar-refractivity contribution is -0.119. The number of ketones is 1. The highest BCUT2D eigenvalue weighted by Crippen LogP contribution is 2.31. The van der Waals surface area contributed by atoms with Gasteiger partial charge in [0.25, 0.3) is 0 Å². The van der Waals surface area contributed by atoms with E-state index in [-0.39, 0.29) is 5.92 Å². The Kier molecular flexibility index (Phi) is 5.83. The molecule has 1 fully saturated rings. The lowest BCUT2D eigenvalue weighted by Crippen LogP contribution is -2.04. The van der Waals surface area contributed by atoms with Crippen molar-refractivity contribution in [1.29, 1.82) is 5.26 Å². The van der Waals surface area contributed by atoms with Crippen molar-refractivity contribution in [1.82, 2.24) is 19.9 Å². The van der Waals surface area contributed by atoms with Crippen molar-refractivity contribution in [2.24, 2.45) is 5.92 Å². The van der Waals surface area contributed by atoms with Gasteiger partial charge in [-0.2, -0.15) is 15.2 Å². The van der Waals surface area contributed by atoms with E-state index in [4.69, 9.17) is 5.26 Å². The average Bonchev–Trinajstić information content (AvgIpc) is 3.49. The summed E-state index contributed by atoms with van der Waals surface area (Å²) in [6.07, 6.45) is 4.78. The summed E-state index contributed by atoms with van der Waals surface area (Å²) in [7, 11) is 0. The zero-order valence-corrected chi connectivity index (χ0v) is 17.4. The van der Waals surface area contributed by atoms with Gasteiger partial charge in [0.05, 0.1) is 6.20 Å². The normalized spacial score (nSPS) is 13.1. The molecule has 0 atom stereocenters. The van der Waals surface area contributed by atoms with Crippen LogP contribution in [0.5, 0.6) is 0 Å². The number of anilines is 2. The highest BCUT2D eigenvalue weighted by Gasteiger charge is 2.28. The standard InChI is InChI=1S/C20H18N6OS2/c1-2-17-23-18(25-19-22-11-15(10-21)29-19)26-20(24-17)28-14-7-3-12(4-8-14)9-16(27)13-5-6-13/h3-4,7-8,11,13H,2,5-6,9H2,1H3,(H,22,23,24,25,26). The van der Waals surface area contributed by atoms with Crippen molar-refractivity contribution < 1.29 is 4.79 Å². The third-order valence-electron chi connectivity index (χ3n) is 4.36. The molecule has 146 valence electrons. The van der Waals surface area contributed by atoms with E-state index in [2.05, 4.69) is 31.3 Å². The maximum atomic E-state index is 12.0. The van der Waals surface area contributed by atoms with E-state index in [0.29, 0.717) is 45.6 Å². The molecule has 9 heteroatoms. The highest BCUT2D eigenvalue weighted by atomic mass is 32.2. The number of benzene rings is 1. The first-order valence-corrected chi connectivity index (χ1v) is 10.9. The summed E-state index contributed by atoms with van der Waals surface area (Å²) in [5.74, 6) is 1.71. The number of aryl methyl sites for hydroxylation is 1. The van der Waals surface area contributed by atoms with Gasteiger partial charge in [-0.05, 0) is 42.3 Å². The van der Waals surface area contributed by atoms with Crippen molar-refractivity contribution >= 4 is 40.0 Å². The maximum absolute atomic E-state index is 12.0. The molecule has 7 nitrogen and oxygen atoms in total. The Hall–Kier alpha value is -2.83. The fraction of sp³-hybridized carbons (Fsp3) is 0.300. The molecule has 0 unspecified atom stereocenters. The number of carbonyl (C=O) groups excluding carboxylic acids is 1. The van der Waals surface area contributed by atoms with E-state index in [0.717, 1.165) is 23.3 Å². The summed E-state index contributed by atoms with van der Waals surface area (Å²) >= 11 is 2.69. The Morgan fingerprint density at radius 1 is 1.28 bits per heavy atom. The number of nitriles is 1. The fourth-order valence-electron chi connectivity index (χ4n) is 2.67. The van der Waals surface area contributed by atoms with Crippen LogP contribution < -0.4 is 5.32 Å². The van der Waals surface area contributed by atoms with Crippen molar-refractivity contribution in [2.75, 3.05) is 5.32 Å². The zero-order chi connectivity index (χ0) is 20.2. The molecule has 1 saturated carbocycles. The van der Waals surface area contributed by atoms with Crippen molar-refractivity contribution in [3.8, 4) is 6.07 Å². The van der Waals surface area contributed by atoms with Crippen LogP contribution in [0.25, 0.3) is 0 Å². The second-order valence-corrected chi connectivity index (χ2v) is 8.71. The summed E-state index contributed by atoms with van der Waals surface area (Å²) in [5.41, 5.74) is 1.04. The number of rotatable bonds is 8. The van der Waals surface area contributed by atoms with Gasteiger partial charge in [-0.25, -0.2) is 9.97 Å². The molecule has 1 aliphatic rings. The number of thiazole rings is 1.